The topological polar surface area (TPSA) is 51.3 Å². The van der Waals surface area contributed by atoms with Crippen molar-refractivity contribution in [3.63, 3.8) is 0 Å². The Hall–Kier alpha value is -2.18. The van der Waals surface area contributed by atoms with Gasteiger partial charge in [-0.25, -0.2) is 0 Å². The maximum absolute atomic E-state index is 13.0. The highest BCUT2D eigenvalue weighted by Gasteiger charge is 2.44. The van der Waals surface area contributed by atoms with E-state index in [2.05, 4.69) is 9.72 Å². The second-order valence-corrected chi connectivity index (χ2v) is 4.19. The smallest absolute Gasteiger partial charge is 0.429 e. The van der Waals surface area contributed by atoms with E-state index >= 15 is 0 Å². The second kappa shape index (κ2) is 5.07. The van der Waals surface area contributed by atoms with E-state index < -0.39 is 18.2 Å². The van der Waals surface area contributed by atoms with E-state index in [1.165, 1.54) is 19.4 Å². The molecule has 0 radical (unpaired) electrons. The highest BCUT2D eigenvalue weighted by atomic mass is 19.4. The SMILES string of the molecule is COc1ccc2[nH]cc([C@@H](OC(C)=O)C(F)(F)F)c2c1. The summed E-state index contributed by atoms with van der Waals surface area (Å²) in [7, 11) is 1.42. The molecule has 0 amide bonds. The summed E-state index contributed by atoms with van der Waals surface area (Å²) in [4.78, 5) is 13.6. The number of fused-ring (bicyclic) bond motifs is 1. The maximum Gasteiger partial charge on any atom is 0.429 e. The molecular formula is C13H12F3NO3. The first-order valence-electron chi connectivity index (χ1n) is 5.72. The number of H-pyrrole nitrogens is 1. The Labute approximate surface area is 112 Å². The van der Waals surface area contributed by atoms with Crippen LogP contribution in [0.2, 0.25) is 0 Å². The molecule has 1 atom stereocenters. The second-order valence-electron chi connectivity index (χ2n) is 4.19. The lowest BCUT2D eigenvalue weighted by atomic mass is 10.1. The van der Waals surface area contributed by atoms with Gasteiger partial charge in [-0.05, 0) is 18.2 Å². The molecule has 0 aliphatic carbocycles. The van der Waals surface area contributed by atoms with E-state index in [0.717, 1.165) is 6.92 Å². The molecule has 0 aliphatic rings. The first kappa shape index (κ1) is 14.2. The van der Waals surface area contributed by atoms with E-state index in [-0.39, 0.29) is 5.56 Å². The molecule has 7 heteroatoms. The molecule has 0 spiro atoms. The fraction of sp³-hybridized carbons (Fsp3) is 0.308. The van der Waals surface area contributed by atoms with Crippen molar-refractivity contribution in [1.29, 1.82) is 0 Å². The molecule has 1 heterocycles. The number of ether oxygens (including phenoxy) is 2. The van der Waals surface area contributed by atoms with Crippen molar-refractivity contribution in [2.24, 2.45) is 0 Å². The minimum atomic E-state index is -4.69. The third-order valence-corrected chi connectivity index (χ3v) is 2.78. The quantitative estimate of drug-likeness (QED) is 0.881. The van der Waals surface area contributed by atoms with Crippen LogP contribution in [0.1, 0.15) is 18.6 Å². The van der Waals surface area contributed by atoms with Gasteiger partial charge >= 0.3 is 12.1 Å². The van der Waals surface area contributed by atoms with Crippen LogP contribution >= 0.6 is 0 Å². The van der Waals surface area contributed by atoms with Crippen molar-refractivity contribution in [3.05, 3.63) is 30.0 Å². The Bertz CT molecular complexity index is 633. The molecule has 20 heavy (non-hydrogen) atoms. The number of benzene rings is 1. The Morgan fingerprint density at radius 2 is 2.05 bits per heavy atom. The van der Waals surface area contributed by atoms with Crippen molar-refractivity contribution in [1.82, 2.24) is 4.98 Å². The summed E-state index contributed by atoms with van der Waals surface area (Å²) in [5.41, 5.74) is 0.351. The fourth-order valence-electron chi connectivity index (χ4n) is 1.94. The minimum absolute atomic E-state index is 0.151. The van der Waals surface area contributed by atoms with E-state index in [1.807, 2.05) is 0 Å². The van der Waals surface area contributed by atoms with Crippen LogP contribution in [-0.2, 0) is 9.53 Å². The number of methoxy groups -OCH3 is 1. The van der Waals surface area contributed by atoms with E-state index in [4.69, 9.17) is 4.74 Å². The summed E-state index contributed by atoms with van der Waals surface area (Å²) < 4.78 is 48.5. The molecule has 1 aromatic heterocycles. The molecule has 0 saturated carbocycles. The van der Waals surface area contributed by atoms with Gasteiger partial charge in [-0.1, -0.05) is 0 Å². The number of esters is 1. The van der Waals surface area contributed by atoms with Gasteiger partial charge in [0.15, 0.2) is 0 Å². The van der Waals surface area contributed by atoms with Gasteiger partial charge in [0.25, 0.3) is 0 Å². The van der Waals surface area contributed by atoms with Gasteiger partial charge in [0.2, 0.25) is 6.10 Å². The van der Waals surface area contributed by atoms with E-state index in [0.29, 0.717) is 16.7 Å². The Kier molecular flexibility index (Phi) is 3.61. The summed E-state index contributed by atoms with van der Waals surface area (Å²) in [5.74, 6) is -0.577. The Morgan fingerprint density at radius 1 is 1.35 bits per heavy atom. The van der Waals surface area contributed by atoms with E-state index in [1.54, 1.807) is 12.1 Å². The zero-order chi connectivity index (χ0) is 14.9. The van der Waals surface area contributed by atoms with Gasteiger partial charge in [0, 0.05) is 29.6 Å². The van der Waals surface area contributed by atoms with Gasteiger partial charge in [-0.2, -0.15) is 13.2 Å². The number of rotatable bonds is 3. The van der Waals surface area contributed by atoms with E-state index in [9.17, 15) is 18.0 Å². The first-order chi connectivity index (χ1) is 9.32. The highest BCUT2D eigenvalue weighted by Crippen LogP contribution is 2.39. The molecule has 1 N–H and O–H groups in total. The molecule has 2 rings (SSSR count). The van der Waals surface area contributed by atoms with Crippen LogP contribution in [0, 0.1) is 0 Å². The largest absolute Gasteiger partial charge is 0.497 e. The fourth-order valence-corrected chi connectivity index (χ4v) is 1.94. The van der Waals surface area contributed by atoms with Crippen molar-refractivity contribution < 1.29 is 27.4 Å². The average Bonchev–Trinajstić information content (AvgIpc) is 2.76. The van der Waals surface area contributed by atoms with Gasteiger partial charge < -0.3 is 14.5 Å². The lowest BCUT2D eigenvalue weighted by Crippen LogP contribution is -2.25. The molecule has 1 aromatic carbocycles. The molecule has 0 unspecified atom stereocenters. The zero-order valence-corrected chi connectivity index (χ0v) is 10.7. The van der Waals surface area contributed by atoms with Crippen molar-refractivity contribution >= 4 is 16.9 Å². The normalized spacial score (nSPS) is 13.2. The summed E-state index contributed by atoms with van der Waals surface area (Å²) in [6.45, 7) is 0.939. The lowest BCUT2D eigenvalue weighted by molar-refractivity contribution is -0.222. The molecule has 0 bridgehead atoms. The number of hydrogen-bond acceptors (Lipinski definition) is 3. The van der Waals surface area contributed by atoms with Gasteiger partial charge in [0.1, 0.15) is 5.75 Å². The predicted molar refractivity (Wildman–Crippen MR) is 65.4 cm³/mol. The number of carbonyl (C=O) groups is 1. The molecule has 108 valence electrons. The molecule has 0 fully saturated rings. The van der Waals surface area contributed by atoms with Crippen LogP contribution < -0.4 is 4.74 Å². The molecular weight excluding hydrogens is 275 g/mol. The van der Waals surface area contributed by atoms with Crippen LogP contribution in [0.5, 0.6) is 5.75 Å². The van der Waals surface area contributed by atoms with Gasteiger partial charge in [-0.3, -0.25) is 4.79 Å². The Morgan fingerprint density at radius 3 is 2.60 bits per heavy atom. The third kappa shape index (κ3) is 2.71. The summed E-state index contributed by atoms with van der Waals surface area (Å²) in [6, 6.07) is 4.68. The summed E-state index contributed by atoms with van der Waals surface area (Å²) >= 11 is 0. The van der Waals surface area contributed by atoms with Crippen molar-refractivity contribution in [2.45, 2.75) is 19.2 Å². The van der Waals surface area contributed by atoms with Crippen LogP contribution in [0.3, 0.4) is 0 Å². The van der Waals surface area contributed by atoms with Crippen LogP contribution in [0.15, 0.2) is 24.4 Å². The van der Waals surface area contributed by atoms with Crippen LogP contribution in [0.4, 0.5) is 13.2 Å². The zero-order valence-electron chi connectivity index (χ0n) is 10.7. The standard InChI is InChI=1S/C13H12F3NO3/c1-7(18)20-12(13(14,15)16)10-6-17-11-4-3-8(19-2)5-9(10)11/h3-6,12,17H,1-2H3/t12-/m1/s1. The van der Waals surface area contributed by atoms with Crippen molar-refractivity contribution in [3.8, 4) is 5.75 Å². The lowest BCUT2D eigenvalue weighted by Gasteiger charge is -2.19. The van der Waals surface area contributed by atoms with Crippen LogP contribution in [0.25, 0.3) is 10.9 Å². The molecule has 4 nitrogen and oxygen atoms in total. The first-order valence-corrected chi connectivity index (χ1v) is 5.72. The third-order valence-electron chi connectivity index (χ3n) is 2.78. The molecule has 0 aliphatic heterocycles. The number of halogens is 3. The average molecular weight is 287 g/mol. The Balaban J connectivity index is 2.55. The number of hydrogen-bond donors (Lipinski definition) is 1. The molecule has 2 aromatic rings. The monoisotopic (exact) mass is 287 g/mol. The molecule has 0 saturated heterocycles. The number of aromatic nitrogens is 1. The summed E-state index contributed by atoms with van der Waals surface area (Å²) in [6.07, 6.45) is -5.81. The predicted octanol–water partition coefficient (Wildman–Crippen LogP) is 3.34. The number of aromatic amines is 1. The minimum Gasteiger partial charge on any atom is -0.497 e. The maximum atomic E-state index is 13.0. The van der Waals surface area contributed by atoms with Gasteiger partial charge in [0.05, 0.1) is 7.11 Å². The summed E-state index contributed by atoms with van der Waals surface area (Å²) in [5, 5.41) is 0.299. The highest BCUT2D eigenvalue weighted by molar-refractivity contribution is 5.85. The number of alkyl halides is 3. The number of carbonyl (C=O) groups excluding carboxylic acids is 1. The number of nitrogens with one attached hydrogen (secondary N) is 1. The van der Waals surface area contributed by atoms with Gasteiger partial charge in [-0.15, -0.1) is 0 Å². The van der Waals surface area contributed by atoms with Crippen LogP contribution in [-0.4, -0.2) is 24.2 Å². The van der Waals surface area contributed by atoms with Crippen molar-refractivity contribution in [2.75, 3.05) is 7.11 Å².